The summed E-state index contributed by atoms with van der Waals surface area (Å²) in [5, 5.41) is 0.564. The number of hydrogen-bond donors (Lipinski definition) is 2. The van der Waals surface area contributed by atoms with Gasteiger partial charge in [0.05, 0.1) is 19.6 Å². The topological polar surface area (TPSA) is 97.0 Å². The zero-order valence-electron chi connectivity index (χ0n) is 17.3. The Labute approximate surface area is 185 Å². The molecule has 0 aliphatic carbocycles. The van der Waals surface area contributed by atoms with Gasteiger partial charge in [0.1, 0.15) is 0 Å². The highest BCUT2D eigenvalue weighted by Crippen LogP contribution is 2.28. The summed E-state index contributed by atoms with van der Waals surface area (Å²) in [6.07, 6.45) is 0.901. The van der Waals surface area contributed by atoms with Crippen LogP contribution in [-0.4, -0.2) is 38.0 Å². The molecule has 1 atom stereocenters. The second kappa shape index (κ2) is 10.2. The Kier molecular flexibility index (Phi) is 7.36. The molecule has 1 aliphatic heterocycles. The molecule has 2 aromatic rings. The zero-order chi connectivity index (χ0) is 22.4. The second-order valence-electron chi connectivity index (χ2n) is 7.04. The number of rotatable bonds is 7. The van der Waals surface area contributed by atoms with Gasteiger partial charge in [0.25, 0.3) is 5.91 Å². The van der Waals surface area contributed by atoms with E-state index < -0.39 is 17.7 Å². The van der Waals surface area contributed by atoms with Crippen molar-refractivity contribution in [3.05, 3.63) is 53.1 Å². The number of hydrazine groups is 1. The van der Waals surface area contributed by atoms with E-state index in [0.717, 1.165) is 6.42 Å². The van der Waals surface area contributed by atoms with E-state index in [-0.39, 0.29) is 18.9 Å². The minimum Gasteiger partial charge on any atom is -0.493 e. The Hall–Kier alpha value is -3.26. The summed E-state index contributed by atoms with van der Waals surface area (Å²) < 4.78 is 10.8. The first kappa shape index (κ1) is 22.4. The summed E-state index contributed by atoms with van der Waals surface area (Å²) in [6, 6.07) is 11.6. The quantitative estimate of drug-likeness (QED) is 0.639. The molecule has 3 rings (SSSR count). The molecule has 1 saturated heterocycles. The normalized spacial score (nSPS) is 15.5. The van der Waals surface area contributed by atoms with Crippen LogP contribution >= 0.6 is 11.6 Å². The standard InChI is InChI=1S/C22H24ClN3O5/c1-3-10-31-18-9-4-14(11-19(18)30-2)21(28)24-25-22(29)15-12-20(27)26(13-15)17-7-5-16(23)6-8-17/h4-9,11,15H,3,10,12-13H2,1-2H3,(H,24,28)(H,25,29). The lowest BCUT2D eigenvalue weighted by Gasteiger charge is -2.17. The zero-order valence-corrected chi connectivity index (χ0v) is 18.1. The number of ether oxygens (including phenoxy) is 2. The second-order valence-corrected chi connectivity index (χ2v) is 7.48. The van der Waals surface area contributed by atoms with Gasteiger partial charge < -0.3 is 14.4 Å². The van der Waals surface area contributed by atoms with Gasteiger partial charge in [-0.3, -0.25) is 25.2 Å². The lowest BCUT2D eigenvalue weighted by atomic mass is 10.1. The van der Waals surface area contributed by atoms with Gasteiger partial charge in [0.15, 0.2) is 11.5 Å². The molecule has 9 heteroatoms. The number of anilines is 1. The maximum Gasteiger partial charge on any atom is 0.269 e. The van der Waals surface area contributed by atoms with Crippen molar-refractivity contribution < 1.29 is 23.9 Å². The lowest BCUT2D eigenvalue weighted by molar-refractivity contribution is -0.126. The third kappa shape index (κ3) is 5.46. The van der Waals surface area contributed by atoms with Crippen molar-refractivity contribution in [1.29, 1.82) is 0 Å². The number of nitrogens with zero attached hydrogens (tertiary/aromatic N) is 1. The van der Waals surface area contributed by atoms with Crippen LogP contribution in [0.2, 0.25) is 5.02 Å². The Bertz CT molecular complexity index is 964. The number of benzene rings is 2. The number of carbonyl (C=O) groups excluding carboxylic acids is 3. The van der Waals surface area contributed by atoms with Crippen molar-refractivity contribution >= 4 is 35.0 Å². The monoisotopic (exact) mass is 445 g/mol. The first-order chi connectivity index (χ1) is 14.9. The SMILES string of the molecule is CCCOc1ccc(C(=O)NNC(=O)C2CC(=O)N(c3ccc(Cl)cc3)C2)cc1OC. The predicted octanol–water partition coefficient (Wildman–Crippen LogP) is 2.95. The third-order valence-electron chi connectivity index (χ3n) is 4.82. The van der Waals surface area contributed by atoms with Crippen molar-refractivity contribution in [2.75, 3.05) is 25.2 Å². The van der Waals surface area contributed by atoms with E-state index >= 15 is 0 Å². The van der Waals surface area contributed by atoms with Crippen LogP contribution in [-0.2, 0) is 9.59 Å². The molecule has 0 spiro atoms. The molecule has 1 heterocycles. The summed E-state index contributed by atoms with van der Waals surface area (Å²) in [4.78, 5) is 38.8. The first-order valence-corrected chi connectivity index (χ1v) is 10.3. The van der Waals surface area contributed by atoms with E-state index in [1.807, 2.05) is 6.92 Å². The summed E-state index contributed by atoms with van der Waals surface area (Å²) in [5.74, 6) is -0.728. The van der Waals surface area contributed by atoms with E-state index in [1.54, 1.807) is 36.4 Å². The van der Waals surface area contributed by atoms with Gasteiger partial charge >= 0.3 is 0 Å². The van der Waals surface area contributed by atoms with E-state index in [1.165, 1.54) is 18.1 Å². The van der Waals surface area contributed by atoms with Crippen molar-refractivity contribution in [2.24, 2.45) is 5.92 Å². The van der Waals surface area contributed by atoms with E-state index in [2.05, 4.69) is 10.9 Å². The van der Waals surface area contributed by atoms with Crippen molar-refractivity contribution in [3.63, 3.8) is 0 Å². The average Bonchev–Trinajstić information content (AvgIpc) is 3.17. The summed E-state index contributed by atoms with van der Waals surface area (Å²) in [7, 11) is 1.49. The highest BCUT2D eigenvalue weighted by Gasteiger charge is 2.35. The van der Waals surface area contributed by atoms with Crippen LogP contribution in [0.15, 0.2) is 42.5 Å². The minimum absolute atomic E-state index is 0.0572. The first-order valence-electron chi connectivity index (χ1n) is 9.90. The smallest absolute Gasteiger partial charge is 0.269 e. The maximum atomic E-state index is 12.5. The molecule has 164 valence electrons. The van der Waals surface area contributed by atoms with Gasteiger partial charge in [0.2, 0.25) is 11.8 Å². The minimum atomic E-state index is -0.581. The molecule has 0 bridgehead atoms. The number of methoxy groups -OCH3 is 1. The van der Waals surface area contributed by atoms with Crippen molar-refractivity contribution in [1.82, 2.24) is 10.9 Å². The number of carbonyl (C=O) groups is 3. The van der Waals surface area contributed by atoms with Gasteiger partial charge in [-0.2, -0.15) is 0 Å². The molecule has 8 nitrogen and oxygen atoms in total. The van der Waals surface area contributed by atoms with E-state index in [0.29, 0.717) is 34.4 Å². The van der Waals surface area contributed by atoms with Crippen LogP contribution in [0.5, 0.6) is 11.5 Å². The van der Waals surface area contributed by atoms with Crippen LogP contribution in [0, 0.1) is 5.92 Å². The van der Waals surface area contributed by atoms with Crippen LogP contribution in [0.4, 0.5) is 5.69 Å². The number of halogens is 1. The molecular weight excluding hydrogens is 422 g/mol. The predicted molar refractivity (Wildman–Crippen MR) is 116 cm³/mol. The molecule has 1 aliphatic rings. The van der Waals surface area contributed by atoms with Gasteiger partial charge in [-0.05, 0) is 48.9 Å². The molecule has 2 aromatic carbocycles. The van der Waals surface area contributed by atoms with Crippen molar-refractivity contribution in [3.8, 4) is 11.5 Å². The average molecular weight is 446 g/mol. The Morgan fingerprint density at radius 1 is 1.13 bits per heavy atom. The molecule has 2 N–H and O–H groups in total. The largest absolute Gasteiger partial charge is 0.493 e. The highest BCUT2D eigenvalue weighted by atomic mass is 35.5. The molecular formula is C22H24ClN3O5. The summed E-state index contributed by atoms with van der Waals surface area (Å²) >= 11 is 5.88. The lowest BCUT2D eigenvalue weighted by Crippen LogP contribution is -2.45. The van der Waals surface area contributed by atoms with Crippen LogP contribution in [0.3, 0.4) is 0 Å². The fraction of sp³-hybridized carbons (Fsp3) is 0.318. The molecule has 1 unspecified atom stereocenters. The molecule has 0 radical (unpaired) electrons. The molecule has 31 heavy (non-hydrogen) atoms. The third-order valence-corrected chi connectivity index (χ3v) is 5.07. The van der Waals surface area contributed by atoms with Gasteiger partial charge in [-0.25, -0.2) is 0 Å². The fourth-order valence-corrected chi connectivity index (χ4v) is 3.31. The molecule has 0 aromatic heterocycles. The van der Waals surface area contributed by atoms with E-state index in [9.17, 15) is 14.4 Å². The van der Waals surface area contributed by atoms with Gasteiger partial charge in [-0.15, -0.1) is 0 Å². The van der Waals surface area contributed by atoms with E-state index in [4.69, 9.17) is 21.1 Å². The van der Waals surface area contributed by atoms with Crippen LogP contribution < -0.4 is 25.2 Å². The van der Waals surface area contributed by atoms with Gasteiger partial charge in [-0.1, -0.05) is 18.5 Å². The molecule has 0 saturated carbocycles. The Morgan fingerprint density at radius 3 is 2.55 bits per heavy atom. The maximum absolute atomic E-state index is 12.5. The molecule has 1 fully saturated rings. The van der Waals surface area contributed by atoms with Gasteiger partial charge in [0, 0.05) is 29.2 Å². The number of hydrogen-bond acceptors (Lipinski definition) is 5. The fourth-order valence-electron chi connectivity index (χ4n) is 3.19. The highest BCUT2D eigenvalue weighted by molar-refractivity contribution is 6.30. The van der Waals surface area contributed by atoms with Crippen LogP contribution in [0.25, 0.3) is 0 Å². The number of amides is 3. The summed E-state index contributed by atoms with van der Waals surface area (Å²) in [6.45, 7) is 2.74. The molecule has 3 amide bonds. The Balaban J connectivity index is 1.57. The Morgan fingerprint density at radius 2 is 1.87 bits per heavy atom. The number of nitrogens with one attached hydrogen (secondary N) is 2. The van der Waals surface area contributed by atoms with Crippen molar-refractivity contribution in [2.45, 2.75) is 19.8 Å². The van der Waals surface area contributed by atoms with Crippen LogP contribution in [0.1, 0.15) is 30.1 Å². The summed E-state index contributed by atoms with van der Waals surface area (Å²) in [5.41, 5.74) is 5.75.